The first kappa shape index (κ1) is 35.7. The van der Waals surface area contributed by atoms with Crippen molar-refractivity contribution in [2.45, 2.75) is 52.4 Å². The monoisotopic (exact) mass is 707 g/mol. The maximum absolute atomic E-state index is 15.7. The third-order valence-electron chi connectivity index (χ3n) is 8.78. The molecule has 6 aromatic rings. The molecule has 51 heavy (non-hydrogen) atoms. The van der Waals surface area contributed by atoms with Gasteiger partial charge in [-0.2, -0.15) is 0 Å². The average molecular weight is 708 g/mol. The summed E-state index contributed by atoms with van der Waals surface area (Å²) in [5.74, 6) is -6.28. The van der Waals surface area contributed by atoms with E-state index in [1.54, 1.807) is 63.8 Å². The molecule has 0 saturated heterocycles. The van der Waals surface area contributed by atoms with E-state index in [9.17, 15) is 13.9 Å². The largest absolute Gasteiger partial charge is 0.507 e. The van der Waals surface area contributed by atoms with Crippen molar-refractivity contribution in [3.05, 3.63) is 138 Å². The number of anilines is 3. The third-order valence-corrected chi connectivity index (χ3v) is 9.29. The maximum atomic E-state index is 15.7. The van der Waals surface area contributed by atoms with Crippen LogP contribution in [-0.2, 0) is 10.8 Å². The maximum Gasteiger partial charge on any atom is 0.197 e. The molecule has 0 radical (unpaired) electrons. The molecule has 1 atom stereocenters. The van der Waals surface area contributed by atoms with Crippen molar-refractivity contribution in [2.24, 2.45) is 0 Å². The number of aromatic hydroxyl groups is 1. The Labute approximate surface area is 298 Å². The van der Waals surface area contributed by atoms with E-state index in [1.807, 2.05) is 18.2 Å². The van der Waals surface area contributed by atoms with E-state index >= 15 is 8.78 Å². The van der Waals surface area contributed by atoms with E-state index < -0.39 is 34.3 Å². The zero-order valence-corrected chi connectivity index (χ0v) is 30.3. The van der Waals surface area contributed by atoms with E-state index in [0.717, 1.165) is 27.2 Å². The zero-order valence-electron chi connectivity index (χ0n) is 29.2. The van der Waals surface area contributed by atoms with E-state index in [0.29, 0.717) is 22.5 Å². The standard InChI is InChI=1S/C42H38F4N3OP/c1-41(2,3)27-18-25(19-28(23-27)42(4,5)6)26-21-31(48-32(22-26)30-14-7-8-15-33(30)50)24-12-11-13-29(20-24)49(34-16-9-10-17-47-34)39-36(44)35(43)37(45)40(51)38(39)46/h7-23,50H,51H2,1-6H3. The predicted octanol–water partition coefficient (Wildman–Crippen LogP) is 11.3. The van der Waals surface area contributed by atoms with Gasteiger partial charge in [0.2, 0.25) is 0 Å². The molecule has 0 bridgehead atoms. The number of rotatable bonds is 6. The molecule has 0 saturated carbocycles. The number of para-hydroxylation sites is 1. The summed E-state index contributed by atoms with van der Waals surface area (Å²) >= 11 is 0. The lowest BCUT2D eigenvalue weighted by Gasteiger charge is -2.27. The molecule has 0 aliphatic heterocycles. The first-order chi connectivity index (χ1) is 24.0. The van der Waals surface area contributed by atoms with Gasteiger partial charge in [-0.15, -0.1) is 0 Å². The first-order valence-electron chi connectivity index (χ1n) is 16.4. The Morgan fingerprint density at radius 2 is 1.24 bits per heavy atom. The fourth-order valence-corrected chi connectivity index (χ4v) is 6.10. The van der Waals surface area contributed by atoms with Gasteiger partial charge in [0.05, 0.1) is 11.4 Å². The van der Waals surface area contributed by atoms with Crippen LogP contribution in [-0.4, -0.2) is 15.1 Å². The minimum Gasteiger partial charge on any atom is -0.507 e. The topological polar surface area (TPSA) is 49.2 Å². The number of benzene rings is 4. The van der Waals surface area contributed by atoms with Gasteiger partial charge in [0.25, 0.3) is 0 Å². The van der Waals surface area contributed by atoms with Crippen molar-refractivity contribution in [3.63, 3.8) is 0 Å². The second kappa shape index (κ2) is 13.6. The summed E-state index contributed by atoms with van der Waals surface area (Å²) in [6.07, 6.45) is 1.44. The van der Waals surface area contributed by atoms with Crippen LogP contribution in [0.1, 0.15) is 52.7 Å². The Morgan fingerprint density at radius 1 is 0.608 bits per heavy atom. The molecule has 2 aromatic heterocycles. The normalized spacial score (nSPS) is 11.9. The summed E-state index contributed by atoms with van der Waals surface area (Å²) in [5, 5.41) is 10.1. The van der Waals surface area contributed by atoms with Gasteiger partial charge in [-0.1, -0.05) is 99.3 Å². The SMILES string of the molecule is CC(C)(C)c1cc(-c2cc(-c3cccc(N(c4ccccn4)c4c(F)c(F)c(F)c(P)c4F)c3)nc(-c3ccccc3O)c2)cc(C(C)(C)C)c1. The van der Waals surface area contributed by atoms with Gasteiger partial charge in [-0.25, -0.2) is 27.5 Å². The van der Waals surface area contributed by atoms with Crippen molar-refractivity contribution < 1.29 is 22.7 Å². The lowest BCUT2D eigenvalue weighted by molar-refractivity contribution is 0.442. The van der Waals surface area contributed by atoms with Gasteiger partial charge in [-0.3, -0.25) is 4.90 Å². The van der Waals surface area contributed by atoms with Crippen molar-refractivity contribution in [2.75, 3.05) is 4.90 Å². The van der Waals surface area contributed by atoms with Gasteiger partial charge in [0, 0.05) is 28.3 Å². The van der Waals surface area contributed by atoms with E-state index in [4.69, 9.17) is 4.98 Å². The molecule has 0 spiro atoms. The minimum atomic E-state index is -1.80. The van der Waals surface area contributed by atoms with Gasteiger partial charge in [0.1, 0.15) is 17.3 Å². The molecule has 0 aliphatic carbocycles. The van der Waals surface area contributed by atoms with Gasteiger partial charge < -0.3 is 5.11 Å². The number of phenolic OH excluding ortho intramolecular Hbond substituents is 1. The number of hydrogen-bond acceptors (Lipinski definition) is 4. The molecule has 1 unspecified atom stereocenters. The van der Waals surface area contributed by atoms with Crippen molar-refractivity contribution in [1.29, 1.82) is 0 Å². The Balaban J connectivity index is 1.61. The summed E-state index contributed by atoms with van der Waals surface area (Å²) < 4.78 is 60.5. The molecule has 0 aliphatic rings. The van der Waals surface area contributed by atoms with Crippen LogP contribution in [0.5, 0.6) is 5.75 Å². The fourth-order valence-electron chi connectivity index (χ4n) is 5.84. The van der Waals surface area contributed by atoms with E-state index in [1.165, 1.54) is 12.3 Å². The average Bonchev–Trinajstić information content (AvgIpc) is 3.11. The van der Waals surface area contributed by atoms with Crippen molar-refractivity contribution in [1.82, 2.24) is 9.97 Å². The van der Waals surface area contributed by atoms with Crippen LogP contribution >= 0.6 is 9.24 Å². The molecule has 6 rings (SSSR count). The van der Waals surface area contributed by atoms with E-state index in [2.05, 4.69) is 64.7 Å². The molecular weight excluding hydrogens is 669 g/mol. The summed E-state index contributed by atoms with van der Waals surface area (Å²) in [6, 6.07) is 28.9. The van der Waals surface area contributed by atoms with Crippen LogP contribution in [0, 0.1) is 23.3 Å². The summed E-state index contributed by atoms with van der Waals surface area (Å²) in [5.41, 5.74) is 5.33. The molecule has 2 heterocycles. The lowest BCUT2D eigenvalue weighted by Crippen LogP contribution is -2.21. The lowest BCUT2D eigenvalue weighted by atomic mass is 9.79. The second-order valence-electron chi connectivity index (χ2n) is 14.5. The third kappa shape index (κ3) is 7.11. The number of nitrogens with zero attached hydrogens (tertiary/aromatic N) is 3. The van der Waals surface area contributed by atoms with Crippen LogP contribution < -0.4 is 10.2 Å². The Kier molecular flexibility index (Phi) is 9.51. The Morgan fingerprint density at radius 3 is 1.86 bits per heavy atom. The fraction of sp³-hybridized carbons (Fsp3) is 0.190. The van der Waals surface area contributed by atoms with E-state index in [-0.39, 0.29) is 28.1 Å². The number of hydrogen-bond donors (Lipinski definition) is 1. The highest BCUT2D eigenvalue weighted by Crippen LogP contribution is 2.41. The number of aromatic nitrogens is 2. The first-order valence-corrected chi connectivity index (χ1v) is 17.0. The van der Waals surface area contributed by atoms with Crippen molar-refractivity contribution >= 4 is 31.7 Å². The molecule has 260 valence electrons. The highest BCUT2D eigenvalue weighted by atomic mass is 31.0. The predicted molar refractivity (Wildman–Crippen MR) is 201 cm³/mol. The minimum absolute atomic E-state index is 0.0551. The van der Waals surface area contributed by atoms with Crippen LogP contribution in [0.15, 0.2) is 103 Å². The second-order valence-corrected chi connectivity index (χ2v) is 15.1. The van der Waals surface area contributed by atoms with Crippen LogP contribution in [0.25, 0.3) is 33.6 Å². The smallest absolute Gasteiger partial charge is 0.197 e. The van der Waals surface area contributed by atoms with Gasteiger partial charge in [-0.05, 0) is 81.6 Å². The highest BCUT2D eigenvalue weighted by molar-refractivity contribution is 7.27. The number of pyridine rings is 2. The van der Waals surface area contributed by atoms with Gasteiger partial charge in [0.15, 0.2) is 23.3 Å². The highest BCUT2D eigenvalue weighted by Gasteiger charge is 2.30. The molecule has 9 heteroatoms. The number of phenols is 1. The summed E-state index contributed by atoms with van der Waals surface area (Å²) in [4.78, 5) is 10.4. The Bertz CT molecular complexity index is 2200. The molecule has 4 nitrogen and oxygen atoms in total. The summed E-state index contributed by atoms with van der Waals surface area (Å²) in [6.45, 7) is 13.0. The zero-order chi connectivity index (χ0) is 36.8. The molecule has 1 N–H and O–H groups in total. The molecule has 0 fully saturated rings. The van der Waals surface area contributed by atoms with Crippen LogP contribution in [0.3, 0.4) is 0 Å². The Hall–Kier alpha value is -5.07. The quantitative estimate of drug-likeness (QED) is 0.0810. The van der Waals surface area contributed by atoms with Crippen molar-refractivity contribution in [3.8, 4) is 39.4 Å². The molecule has 4 aromatic carbocycles. The summed E-state index contributed by atoms with van der Waals surface area (Å²) in [7, 11) is 1.81. The molecular formula is C42H38F4N3OP. The van der Waals surface area contributed by atoms with Crippen LogP contribution in [0.4, 0.5) is 34.8 Å². The van der Waals surface area contributed by atoms with Crippen LogP contribution in [0.2, 0.25) is 0 Å². The molecule has 0 amide bonds. The number of halogens is 4. The van der Waals surface area contributed by atoms with Gasteiger partial charge >= 0.3 is 0 Å².